The van der Waals surface area contributed by atoms with Crippen LogP contribution < -0.4 is 0 Å². The first-order valence-corrected chi connectivity index (χ1v) is 3.05. The van der Waals surface area contributed by atoms with Crippen molar-refractivity contribution in [2.75, 3.05) is 0 Å². The van der Waals surface area contributed by atoms with E-state index in [4.69, 9.17) is 6.57 Å². The Kier molecular flexibility index (Phi) is 1.68. The van der Waals surface area contributed by atoms with Gasteiger partial charge >= 0.3 is 0 Å². The Balaban J connectivity index is 3.25. The van der Waals surface area contributed by atoms with Gasteiger partial charge in [-0.05, 0) is 19.4 Å². The molecule has 0 N–H and O–H groups in total. The zero-order chi connectivity index (χ0) is 7.56. The van der Waals surface area contributed by atoms with Crippen molar-refractivity contribution in [3.63, 3.8) is 0 Å². The van der Waals surface area contributed by atoms with Crippen molar-refractivity contribution in [1.29, 1.82) is 0 Å². The fourth-order valence-corrected chi connectivity index (χ4v) is 0.735. The molecular weight excluding hydrogens is 124 g/mol. The third-order valence-electron chi connectivity index (χ3n) is 1.32. The summed E-state index contributed by atoms with van der Waals surface area (Å²) in [4.78, 5) is 7.35. The van der Waals surface area contributed by atoms with Crippen LogP contribution in [0.15, 0.2) is 12.3 Å². The van der Waals surface area contributed by atoms with Crippen molar-refractivity contribution in [2.45, 2.75) is 13.8 Å². The molecule has 0 spiro atoms. The van der Waals surface area contributed by atoms with Gasteiger partial charge in [-0.15, -0.1) is 0 Å². The number of hydrogen-bond donors (Lipinski definition) is 0. The molecule has 2 heteroatoms. The van der Waals surface area contributed by atoms with Crippen LogP contribution in [0.5, 0.6) is 0 Å². The van der Waals surface area contributed by atoms with Gasteiger partial charge in [0.05, 0.1) is 6.57 Å². The Hall–Kier alpha value is -1.36. The number of rotatable bonds is 0. The number of nitrogens with zero attached hydrogens (tertiary/aromatic N) is 2. The highest BCUT2D eigenvalue weighted by Crippen LogP contribution is 2.16. The molecule has 10 heavy (non-hydrogen) atoms. The van der Waals surface area contributed by atoms with Gasteiger partial charge in [-0.1, -0.05) is 6.07 Å². The van der Waals surface area contributed by atoms with Gasteiger partial charge in [0.25, 0.3) is 0 Å². The van der Waals surface area contributed by atoms with Gasteiger partial charge in [0, 0.05) is 11.9 Å². The van der Waals surface area contributed by atoms with Gasteiger partial charge in [-0.25, -0.2) is 4.85 Å². The van der Waals surface area contributed by atoms with Gasteiger partial charge in [0.2, 0.25) is 5.69 Å². The predicted molar refractivity (Wildman–Crippen MR) is 40.0 cm³/mol. The second-order valence-electron chi connectivity index (χ2n) is 2.23. The van der Waals surface area contributed by atoms with Crippen molar-refractivity contribution in [2.24, 2.45) is 0 Å². The molecule has 1 heterocycles. The van der Waals surface area contributed by atoms with Crippen molar-refractivity contribution in [1.82, 2.24) is 4.98 Å². The van der Waals surface area contributed by atoms with Gasteiger partial charge in [-0.3, -0.25) is 4.98 Å². The molecule has 0 radical (unpaired) electrons. The van der Waals surface area contributed by atoms with E-state index in [2.05, 4.69) is 9.83 Å². The van der Waals surface area contributed by atoms with E-state index in [1.165, 1.54) is 0 Å². The second-order valence-corrected chi connectivity index (χ2v) is 2.23. The summed E-state index contributed by atoms with van der Waals surface area (Å²) in [5.74, 6) is 0. The highest BCUT2D eigenvalue weighted by Gasteiger charge is 1.96. The Morgan fingerprint density at radius 1 is 1.50 bits per heavy atom. The van der Waals surface area contributed by atoms with E-state index in [0.29, 0.717) is 5.69 Å². The summed E-state index contributed by atoms with van der Waals surface area (Å²) in [5.41, 5.74) is 2.50. The lowest BCUT2D eigenvalue weighted by molar-refractivity contribution is 1.18. The van der Waals surface area contributed by atoms with E-state index in [9.17, 15) is 0 Å². The average Bonchev–Trinajstić information content (AvgIpc) is 1.94. The molecule has 50 valence electrons. The molecule has 0 aliphatic heterocycles. The highest BCUT2D eigenvalue weighted by molar-refractivity contribution is 5.49. The van der Waals surface area contributed by atoms with Crippen molar-refractivity contribution < 1.29 is 0 Å². The largest absolute Gasteiger partial charge is 0.273 e. The topological polar surface area (TPSA) is 17.2 Å². The van der Waals surface area contributed by atoms with E-state index in [1.807, 2.05) is 19.9 Å². The molecule has 0 amide bonds. The summed E-state index contributed by atoms with van der Waals surface area (Å²) in [6.07, 6.45) is 1.77. The zero-order valence-corrected chi connectivity index (χ0v) is 6.05. The van der Waals surface area contributed by atoms with E-state index in [-0.39, 0.29) is 0 Å². The van der Waals surface area contributed by atoms with Crippen LogP contribution in [-0.2, 0) is 0 Å². The maximum Gasteiger partial charge on any atom is 0.208 e. The Bertz CT molecular complexity index is 284. The van der Waals surface area contributed by atoms with E-state index >= 15 is 0 Å². The van der Waals surface area contributed by atoms with E-state index < -0.39 is 0 Å². The molecule has 0 fully saturated rings. The third-order valence-corrected chi connectivity index (χ3v) is 1.32. The zero-order valence-electron chi connectivity index (χ0n) is 6.05. The minimum atomic E-state index is 0.653. The van der Waals surface area contributed by atoms with Crippen LogP contribution in [0, 0.1) is 20.4 Å². The van der Waals surface area contributed by atoms with Gasteiger partial charge in [0.1, 0.15) is 0 Å². The molecule has 1 rings (SSSR count). The smallest absolute Gasteiger partial charge is 0.208 e. The summed E-state index contributed by atoms with van der Waals surface area (Å²) in [6, 6.07) is 1.84. The lowest BCUT2D eigenvalue weighted by atomic mass is 10.2. The monoisotopic (exact) mass is 132 g/mol. The van der Waals surface area contributed by atoms with Crippen LogP contribution in [0.2, 0.25) is 0 Å². The molecule has 0 aromatic carbocycles. The van der Waals surface area contributed by atoms with Crippen LogP contribution in [-0.4, -0.2) is 4.98 Å². The van der Waals surface area contributed by atoms with Crippen LogP contribution in [0.25, 0.3) is 4.85 Å². The molecule has 0 aliphatic carbocycles. The minimum Gasteiger partial charge on any atom is -0.273 e. The molecule has 0 bridgehead atoms. The average molecular weight is 132 g/mol. The summed E-state index contributed by atoms with van der Waals surface area (Å²) in [7, 11) is 0. The maximum absolute atomic E-state index is 6.77. The lowest BCUT2D eigenvalue weighted by Gasteiger charge is -1.95. The van der Waals surface area contributed by atoms with Crippen molar-refractivity contribution >= 4 is 5.69 Å². The number of aryl methyl sites for hydroxylation is 2. The van der Waals surface area contributed by atoms with Gasteiger partial charge < -0.3 is 0 Å². The molecule has 0 saturated carbocycles. The Labute approximate surface area is 60.3 Å². The van der Waals surface area contributed by atoms with Crippen molar-refractivity contribution in [3.05, 3.63) is 34.9 Å². The summed E-state index contributed by atoms with van der Waals surface area (Å²) in [6.45, 7) is 10.5. The Morgan fingerprint density at radius 3 is 2.70 bits per heavy atom. The fraction of sp³-hybridized carbons (Fsp3) is 0.250. The van der Waals surface area contributed by atoms with Crippen LogP contribution in [0.3, 0.4) is 0 Å². The van der Waals surface area contributed by atoms with Crippen LogP contribution in [0.4, 0.5) is 5.69 Å². The molecule has 1 aromatic heterocycles. The lowest BCUT2D eigenvalue weighted by Crippen LogP contribution is -1.80. The van der Waals surface area contributed by atoms with Crippen molar-refractivity contribution in [3.8, 4) is 0 Å². The normalized spacial score (nSPS) is 8.90. The standard InChI is InChI=1S/C8H8N2/c1-6-4-8(9-3)7(2)10-5-6/h4-5H,1-2H3. The Morgan fingerprint density at radius 2 is 2.20 bits per heavy atom. The number of hydrogen-bond acceptors (Lipinski definition) is 1. The predicted octanol–water partition coefficient (Wildman–Crippen LogP) is 2.25. The molecule has 0 saturated heterocycles. The second kappa shape index (κ2) is 2.49. The number of pyridine rings is 1. The first-order chi connectivity index (χ1) is 4.74. The first-order valence-electron chi connectivity index (χ1n) is 3.05. The third kappa shape index (κ3) is 1.14. The fourth-order valence-electron chi connectivity index (χ4n) is 0.735. The number of aromatic nitrogens is 1. The summed E-state index contributed by atoms with van der Waals surface area (Å²) < 4.78 is 0. The maximum atomic E-state index is 6.77. The van der Waals surface area contributed by atoms with E-state index in [0.717, 1.165) is 11.3 Å². The highest BCUT2D eigenvalue weighted by atomic mass is 14.7. The molecule has 1 aromatic rings. The van der Waals surface area contributed by atoms with Crippen LogP contribution >= 0.6 is 0 Å². The summed E-state index contributed by atoms with van der Waals surface area (Å²) >= 11 is 0. The minimum absolute atomic E-state index is 0.653. The quantitative estimate of drug-likeness (QED) is 0.495. The molecule has 0 unspecified atom stereocenters. The van der Waals surface area contributed by atoms with Gasteiger partial charge in [0.15, 0.2) is 0 Å². The van der Waals surface area contributed by atoms with E-state index in [1.54, 1.807) is 6.20 Å². The van der Waals surface area contributed by atoms with Crippen LogP contribution in [0.1, 0.15) is 11.3 Å². The molecule has 2 nitrogen and oxygen atoms in total. The summed E-state index contributed by atoms with van der Waals surface area (Å²) in [5, 5.41) is 0. The molecular formula is C8H8N2. The molecule has 0 aliphatic rings. The van der Waals surface area contributed by atoms with Gasteiger partial charge in [-0.2, -0.15) is 0 Å². The molecule has 0 atom stereocenters. The SMILES string of the molecule is [C-]#[N+]c1cc(C)cnc1C. The first kappa shape index (κ1) is 6.76.